The van der Waals surface area contributed by atoms with E-state index in [1.807, 2.05) is 19.1 Å². The number of ether oxygens (including phenoxy) is 1. The smallest absolute Gasteiger partial charge is 0.197 e. The minimum atomic E-state index is -0.521. The molecule has 3 aliphatic carbocycles. The average molecular weight is 296 g/mol. The summed E-state index contributed by atoms with van der Waals surface area (Å²) in [4.78, 5) is 36.9. The van der Waals surface area contributed by atoms with Crippen LogP contribution in [0.4, 0.5) is 0 Å². The van der Waals surface area contributed by atoms with Crippen LogP contribution in [0.3, 0.4) is 0 Å². The van der Waals surface area contributed by atoms with Gasteiger partial charge < -0.3 is 4.74 Å². The number of carbonyl (C=O) groups excluding carboxylic acids is 3. The molecule has 4 heteroatoms. The molecule has 0 N–H and O–H groups in total. The second-order valence-electron chi connectivity index (χ2n) is 6.48. The summed E-state index contributed by atoms with van der Waals surface area (Å²) in [5, 5.41) is 0. The Morgan fingerprint density at radius 1 is 1.14 bits per heavy atom. The fraction of sp³-hybridized carbons (Fsp3) is 0.389. The molecule has 0 spiro atoms. The van der Waals surface area contributed by atoms with Crippen LogP contribution in [0.15, 0.2) is 24.0 Å². The van der Waals surface area contributed by atoms with Crippen molar-refractivity contribution in [2.45, 2.75) is 31.6 Å². The fourth-order valence-electron chi connectivity index (χ4n) is 4.20. The molecule has 3 aliphatic rings. The number of hydrogen-bond donors (Lipinski definition) is 0. The molecule has 0 amide bonds. The van der Waals surface area contributed by atoms with Gasteiger partial charge in [-0.2, -0.15) is 0 Å². The Kier molecular flexibility index (Phi) is 2.54. The van der Waals surface area contributed by atoms with Crippen molar-refractivity contribution in [3.8, 4) is 0 Å². The van der Waals surface area contributed by atoms with Gasteiger partial charge in [-0.15, -0.1) is 0 Å². The van der Waals surface area contributed by atoms with Crippen molar-refractivity contribution < 1.29 is 19.1 Å². The van der Waals surface area contributed by atoms with Gasteiger partial charge in [0.2, 0.25) is 0 Å². The van der Waals surface area contributed by atoms with E-state index in [2.05, 4.69) is 0 Å². The molecule has 0 bridgehead atoms. The molecular formula is C18H16O4. The second kappa shape index (κ2) is 4.15. The van der Waals surface area contributed by atoms with Crippen molar-refractivity contribution in [2.24, 2.45) is 5.92 Å². The Bertz CT molecular complexity index is 787. The third kappa shape index (κ3) is 1.45. The summed E-state index contributed by atoms with van der Waals surface area (Å²) in [5.41, 5.74) is 2.64. The molecule has 2 atom stereocenters. The van der Waals surface area contributed by atoms with Crippen LogP contribution in [0.5, 0.6) is 0 Å². The van der Waals surface area contributed by atoms with E-state index in [4.69, 9.17) is 4.74 Å². The van der Waals surface area contributed by atoms with Crippen molar-refractivity contribution in [2.75, 3.05) is 7.11 Å². The normalized spacial score (nSPS) is 29.1. The lowest BCUT2D eigenvalue weighted by Gasteiger charge is -2.32. The topological polar surface area (TPSA) is 60.4 Å². The van der Waals surface area contributed by atoms with Crippen LogP contribution >= 0.6 is 0 Å². The molecule has 0 saturated carbocycles. The Hall–Kier alpha value is -2.23. The molecule has 4 rings (SSSR count). The van der Waals surface area contributed by atoms with Crippen molar-refractivity contribution >= 4 is 17.3 Å². The molecule has 4 nitrogen and oxygen atoms in total. The number of rotatable bonds is 1. The van der Waals surface area contributed by atoms with Crippen LogP contribution in [-0.2, 0) is 21.4 Å². The first kappa shape index (κ1) is 13.4. The van der Waals surface area contributed by atoms with Gasteiger partial charge in [0.15, 0.2) is 23.1 Å². The predicted octanol–water partition coefficient (Wildman–Crippen LogP) is 2.39. The molecule has 1 aromatic rings. The largest absolute Gasteiger partial charge is 0.493 e. The maximum atomic E-state index is 12.9. The number of carbonyl (C=O) groups is 3. The van der Waals surface area contributed by atoms with E-state index in [9.17, 15) is 14.4 Å². The summed E-state index contributed by atoms with van der Waals surface area (Å²) >= 11 is 0. The monoisotopic (exact) mass is 296 g/mol. The van der Waals surface area contributed by atoms with Crippen molar-refractivity contribution in [3.63, 3.8) is 0 Å². The Morgan fingerprint density at radius 2 is 1.91 bits per heavy atom. The highest BCUT2D eigenvalue weighted by molar-refractivity contribution is 6.13. The summed E-state index contributed by atoms with van der Waals surface area (Å²) in [5.74, 6) is -0.0652. The third-order valence-corrected chi connectivity index (χ3v) is 5.40. The van der Waals surface area contributed by atoms with E-state index in [-0.39, 0.29) is 29.7 Å². The van der Waals surface area contributed by atoms with E-state index in [0.29, 0.717) is 29.7 Å². The highest BCUT2D eigenvalue weighted by Crippen LogP contribution is 2.51. The standard InChI is InChI=1S/C18H16O4/c1-18-8-15(22-2)14(20)7-12(18)17(21)16-10-4-6-13(19)9(10)3-5-11(16)18/h3,5,8,12H,4,6-7H2,1-2H3. The molecular weight excluding hydrogens is 280 g/mol. The van der Waals surface area contributed by atoms with E-state index < -0.39 is 5.41 Å². The van der Waals surface area contributed by atoms with Crippen LogP contribution < -0.4 is 0 Å². The van der Waals surface area contributed by atoms with E-state index in [1.54, 1.807) is 6.08 Å². The Balaban J connectivity index is 1.98. The van der Waals surface area contributed by atoms with Gasteiger partial charge in [-0.25, -0.2) is 0 Å². The number of ketones is 3. The maximum Gasteiger partial charge on any atom is 0.197 e. The molecule has 1 aromatic carbocycles. The van der Waals surface area contributed by atoms with Gasteiger partial charge in [-0.05, 0) is 23.6 Å². The Morgan fingerprint density at radius 3 is 2.64 bits per heavy atom. The van der Waals surface area contributed by atoms with Gasteiger partial charge in [0, 0.05) is 35.3 Å². The molecule has 0 saturated heterocycles. The van der Waals surface area contributed by atoms with Gasteiger partial charge in [-0.1, -0.05) is 19.1 Å². The lowest BCUT2D eigenvalue weighted by Crippen LogP contribution is -2.36. The highest BCUT2D eigenvalue weighted by Gasteiger charge is 2.53. The zero-order chi connectivity index (χ0) is 15.6. The number of allylic oxidation sites excluding steroid dienone is 2. The minimum absolute atomic E-state index is 0.00352. The fourth-order valence-corrected chi connectivity index (χ4v) is 4.20. The van der Waals surface area contributed by atoms with Crippen LogP contribution in [0, 0.1) is 5.92 Å². The number of methoxy groups -OCH3 is 1. The zero-order valence-corrected chi connectivity index (χ0v) is 12.6. The number of Topliss-reactive ketones (excluding diaryl/α,β-unsaturated/α-hetero) is 3. The van der Waals surface area contributed by atoms with Crippen molar-refractivity contribution in [1.29, 1.82) is 0 Å². The average Bonchev–Trinajstić information content (AvgIpc) is 2.98. The summed E-state index contributed by atoms with van der Waals surface area (Å²) < 4.78 is 5.18. The van der Waals surface area contributed by atoms with Crippen molar-refractivity contribution in [1.82, 2.24) is 0 Å². The van der Waals surface area contributed by atoms with Crippen molar-refractivity contribution in [3.05, 3.63) is 46.2 Å². The first-order valence-corrected chi connectivity index (χ1v) is 7.51. The van der Waals surface area contributed by atoms with Crippen LogP contribution in [-0.4, -0.2) is 24.5 Å². The highest BCUT2D eigenvalue weighted by atomic mass is 16.5. The lowest BCUT2D eigenvalue weighted by atomic mass is 9.70. The second-order valence-corrected chi connectivity index (χ2v) is 6.48. The first-order valence-electron chi connectivity index (χ1n) is 7.51. The van der Waals surface area contributed by atoms with Crippen LogP contribution in [0.1, 0.15) is 51.6 Å². The van der Waals surface area contributed by atoms with E-state index in [0.717, 1.165) is 11.1 Å². The molecule has 0 fully saturated rings. The molecule has 112 valence electrons. The zero-order valence-electron chi connectivity index (χ0n) is 12.6. The molecule has 22 heavy (non-hydrogen) atoms. The summed E-state index contributed by atoms with van der Waals surface area (Å²) in [6, 6.07) is 3.72. The van der Waals surface area contributed by atoms with Crippen LogP contribution in [0.2, 0.25) is 0 Å². The van der Waals surface area contributed by atoms with Crippen LogP contribution in [0.25, 0.3) is 0 Å². The lowest BCUT2D eigenvalue weighted by molar-refractivity contribution is -0.120. The number of fused-ring (bicyclic) bond motifs is 5. The summed E-state index contributed by atoms with van der Waals surface area (Å²) in [6.45, 7) is 1.98. The van der Waals surface area contributed by atoms with Gasteiger partial charge in [0.25, 0.3) is 0 Å². The summed E-state index contributed by atoms with van der Waals surface area (Å²) in [7, 11) is 1.48. The first-order chi connectivity index (χ1) is 10.5. The van der Waals surface area contributed by atoms with Gasteiger partial charge >= 0.3 is 0 Å². The molecule has 2 unspecified atom stereocenters. The maximum absolute atomic E-state index is 12.9. The van der Waals surface area contributed by atoms with Gasteiger partial charge in [-0.3, -0.25) is 14.4 Å². The van der Waals surface area contributed by atoms with Gasteiger partial charge in [0.05, 0.1) is 7.11 Å². The third-order valence-electron chi connectivity index (χ3n) is 5.40. The molecule has 0 radical (unpaired) electrons. The van der Waals surface area contributed by atoms with E-state index in [1.165, 1.54) is 7.11 Å². The van der Waals surface area contributed by atoms with E-state index >= 15 is 0 Å². The SMILES string of the molecule is COC1=CC2(C)c3ccc4c(c3C(=O)C2CC1=O)CCC4=O. The number of benzene rings is 1. The summed E-state index contributed by atoms with van der Waals surface area (Å²) in [6.07, 6.45) is 3.06. The Labute approximate surface area is 128 Å². The van der Waals surface area contributed by atoms with Gasteiger partial charge in [0.1, 0.15) is 0 Å². The molecule has 0 aliphatic heterocycles. The molecule has 0 heterocycles. The predicted molar refractivity (Wildman–Crippen MR) is 79.0 cm³/mol. The minimum Gasteiger partial charge on any atom is -0.493 e. The quantitative estimate of drug-likeness (QED) is 0.798. The number of hydrogen-bond acceptors (Lipinski definition) is 4. The molecule has 0 aromatic heterocycles.